The molecule has 1 aliphatic heterocycles. The lowest BCUT2D eigenvalue weighted by Crippen LogP contribution is -2.55. The smallest absolute Gasteiger partial charge is 0.255 e. The molecule has 1 aliphatic rings. The molecule has 1 fully saturated rings. The van der Waals surface area contributed by atoms with Crippen LogP contribution >= 0.6 is 0 Å². The highest BCUT2D eigenvalue weighted by Crippen LogP contribution is 2.29. The molecule has 48 heavy (non-hydrogen) atoms. The number of benzene rings is 2. The molecule has 8 heteroatoms. The van der Waals surface area contributed by atoms with Crippen LogP contribution in [-0.4, -0.2) is 69.9 Å². The van der Waals surface area contributed by atoms with Crippen molar-refractivity contribution in [2.24, 2.45) is 0 Å². The summed E-state index contributed by atoms with van der Waals surface area (Å²) in [5.74, 6) is 0.424. The number of carbonyl (C=O) groups is 1. The van der Waals surface area contributed by atoms with Crippen molar-refractivity contribution >= 4 is 23.2 Å². The fourth-order valence-corrected chi connectivity index (χ4v) is 5.13. The zero-order chi connectivity index (χ0) is 36.2. The van der Waals surface area contributed by atoms with Gasteiger partial charge in [0.25, 0.3) is 5.91 Å². The Morgan fingerprint density at radius 2 is 1.54 bits per heavy atom. The van der Waals surface area contributed by atoms with Crippen molar-refractivity contribution in [3.05, 3.63) is 95.9 Å². The predicted octanol–water partition coefficient (Wildman–Crippen LogP) is 9.50. The van der Waals surface area contributed by atoms with Gasteiger partial charge >= 0.3 is 0 Å². The Hall–Kier alpha value is -4.14. The van der Waals surface area contributed by atoms with Gasteiger partial charge < -0.3 is 15.1 Å². The van der Waals surface area contributed by atoms with Gasteiger partial charge in [-0.05, 0) is 81.4 Å². The second-order valence-corrected chi connectivity index (χ2v) is 10.6. The minimum atomic E-state index is -0.139. The Bertz CT molecular complexity index is 1460. The van der Waals surface area contributed by atoms with Gasteiger partial charge in [0.15, 0.2) is 0 Å². The van der Waals surface area contributed by atoms with Gasteiger partial charge in [-0.2, -0.15) is 0 Å². The quantitative estimate of drug-likeness (QED) is 0.212. The molecule has 262 valence electrons. The van der Waals surface area contributed by atoms with Crippen molar-refractivity contribution in [2.75, 3.05) is 37.4 Å². The minimum Gasteiger partial charge on any atom is -0.322 e. The summed E-state index contributed by atoms with van der Waals surface area (Å²) in [6.07, 6.45) is 5.27. The topological polar surface area (TPSA) is 77.5 Å². The molecule has 5 rings (SSSR count). The van der Waals surface area contributed by atoms with Gasteiger partial charge in [0.1, 0.15) is 0 Å². The van der Waals surface area contributed by atoms with Gasteiger partial charge in [0, 0.05) is 79.9 Å². The van der Waals surface area contributed by atoms with Crippen molar-refractivity contribution in [2.45, 2.75) is 94.8 Å². The fraction of sp³-hybridized carbons (Fsp3) is 0.450. The maximum atomic E-state index is 13.1. The first-order valence-corrected chi connectivity index (χ1v) is 17.7. The van der Waals surface area contributed by atoms with Crippen molar-refractivity contribution in [3.63, 3.8) is 0 Å². The summed E-state index contributed by atoms with van der Waals surface area (Å²) >= 11 is 0. The molecule has 4 aromatic rings. The van der Waals surface area contributed by atoms with E-state index in [1.54, 1.807) is 18.6 Å². The number of aryl methyl sites for hydroxylation is 1. The number of nitrogens with one attached hydrogen (secondary N) is 1. The van der Waals surface area contributed by atoms with Crippen molar-refractivity contribution in [1.29, 1.82) is 0 Å². The number of carbonyl (C=O) groups excluding carboxylic acids is 1. The lowest BCUT2D eigenvalue weighted by molar-refractivity contribution is 0.0472. The summed E-state index contributed by atoms with van der Waals surface area (Å²) in [6, 6.07) is 20.5. The van der Waals surface area contributed by atoms with Crippen LogP contribution in [0.4, 0.5) is 17.3 Å². The van der Waals surface area contributed by atoms with E-state index in [1.807, 2.05) is 123 Å². The zero-order valence-electron chi connectivity index (χ0n) is 31.9. The Balaban J connectivity index is 0.00000134. The van der Waals surface area contributed by atoms with Crippen LogP contribution < -0.4 is 10.2 Å². The van der Waals surface area contributed by atoms with Gasteiger partial charge in [-0.3, -0.25) is 14.7 Å². The highest BCUT2D eigenvalue weighted by molar-refractivity contribution is 6.04. The maximum absolute atomic E-state index is 13.1. The summed E-state index contributed by atoms with van der Waals surface area (Å²) in [6.45, 7) is 25.6. The molecule has 0 radical (unpaired) electrons. The van der Waals surface area contributed by atoms with Crippen LogP contribution in [0.15, 0.2) is 79.3 Å². The molecule has 0 spiro atoms. The first-order valence-electron chi connectivity index (χ1n) is 17.7. The van der Waals surface area contributed by atoms with Gasteiger partial charge in [0.05, 0.1) is 5.69 Å². The molecule has 0 bridgehead atoms. The molecule has 2 aromatic heterocycles. The Kier molecular flexibility index (Phi) is 19.6. The minimum absolute atomic E-state index is 0.139. The molecule has 2 unspecified atom stereocenters. The van der Waals surface area contributed by atoms with E-state index in [9.17, 15) is 4.79 Å². The number of nitrogens with zero attached hydrogens (tertiary/aromatic N) is 6. The maximum Gasteiger partial charge on any atom is 0.255 e. The second-order valence-electron chi connectivity index (χ2n) is 10.6. The number of amides is 1. The summed E-state index contributed by atoms with van der Waals surface area (Å²) in [7, 11) is 4.12. The molecular weight excluding hydrogens is 594 g/mol. The number of rotatable bonds is 7. The van der Waals surface area contributed by atoms with Gasteiger partial charge in [-0.25, -0.2) is 9.97 Å². The predicted molar refractivity (Wildman–Crippen MR) is 206 cm³/mol. The van der Waals surface area contributed by atoms with Gasteiger partial charge in [-0.1, -0.05) is 73.6 Å². The largest absolute Gasteiger partial charge is 0.322 e. The van der Waals surface area contributed by atoms with Gasteiger partial charge in [0.2, 0.25) is 5.95 Å². The van der Waals surface area contributed by atoms with E-state index in [2.05, 4.69) is 58.1 Å². The van der Waals surface area contributed by atoms with Crippen LogP contribution in [0.25, 0.3) is 11.3 Å². The number of anilines is 3. The molecule has 2 aromatic carbocycles. The third-order valence-electron chi connectivity index (χ3n) is 8.04. The van der Waals surface area contributed by atoms with E-state index < -0.39 is 0 Å². The summed E-state index contributed by atoms with van der Waals surface area (Å²) in [4.78, 5) is 33.4. The van der Waals surface area contributed by atoms with Crippen LogP contribution in [0.3, 0.4) is 0 Å². The molecule has 1 N–H and O–H groups in total. The lowest BCUT2D eigenvalue weighted by Gasteiger charge is -2.43. The third-order valence-corrected chi connectivity index (χ3v) is 8.04. The average Bonchev–Trinajstić information content (AvgIpc) is 3.16. The van der Waals surface area contributed by atoms with Crippen molar-refractivity contribution < 1.29 is 4.79 Å². The second kappa shape index (κ2) is 22.4. The molecule has 2 atom stereocenters. The summed E-state index contributed by atoms with van der Waals surface area (Å²) in [5, 5.41) is 3.06. The number of pyridine rings is 1. The van der Waals surface area contributed by atoms with E-state index in [1.165, 1.54) is 5.56 Å². The number of aromatic nitrogens is 3. The fourth-order valence-electron chi connectivity index (χ4n) is 5.13. The molecule has 1 amide bonds. The standard InChI is InChI=1S/C32H37N7O.4C2H6/c1-22-8-13-28(19-30(22)38(5)32-34-16-14-29(36-32)27-7-6-15-33-20-27)35-31(40)26-11-9-25(10-12-26)21-39-18-17-37(4)23(2)24(39)3;4*1-2/h6-16,19-20,23-24H,17-18,21H2,1-5H3,(H,35,40);4*1-2H3. The Labute approximate surface area is 291 Å². The highest BCUT2D eigenvalue weighted by atomic mass is 16.1. The highest BCUT2D eigenvalue weighted by Gasteiger charge is 2.28. The van der Waals surface area contributed by atoms with Crippen LogP contribution in [0.1, 0.15) is 90.7 Å². The SMILES string of the molecule is CC.CC.CC.CC.Cc1ccc(NC(=O)c2ccc(CN3CCN(C)C(C)C3C)cc2)cc1N(C)c1nccc(-c2cccnc2)n1. The van der Waals surface area contributed by atoms with Crippen LogP contribution in [0.2, 0.25) is 0 Å². The normalized spacial score (nSPS) is 15.4. The Morgan fingerprint density at radius 1 is 0.875 bits per heavy atom. The Morgan fingerprint density at radius 3 is 2.17 bits per heavy atom. The monoisotopic (exact) mass is 655 g/mol. The first kappa shape index (κ1) is 41.9. The molecule has 8 nitrogen and oxygen atoms in total. The van der Waals surface area contributed by atoms with Gasteiger partial charge in [-0.15, -0.1) is 0 Å². The summed E-state index contributed by atoms with van der Waals surface area (Å²) in [5.41, 5.74) is 6.24. The number of piperazine rings is 1. The molecular formula is C40H61N7O. The van der Waals surface area contributed by atoms with Crippen molar-refractivity contribution in [3.8, 4) is 11.3 Å². The molecule has 0 saturated carbocycles. The molecule has 0 aliphatic carbocycles. The van der Waals surface area contributed by atoms with E-state index in [0.717, 1.165) is 42.1 Å². The average molecular weight is 656 g/mol. The van der Waals surface area contributed by atoms with Crippen LogP contribution in [-0.2, 0) is 6.54 Å². The zero-order valence-corrected chi connectivity index (χ0v) is 31.9. The van der Waals surface area contributed by atoms with Crippen LogP contribution in [0, 0.1) is 6.92 Å². The first-order chi connectivity index (χ1) is 23.3. The number of hydrogen-bond donors (Lipinski definition) is 1. The lowest BCUT2D eigenvalue weighted by atomic mass is 10.0. The number of hydrogen-bond acceptors (Lipinski definition) is 7. The van der Waals surface area contributed by atoms with Crippen LogP contribution in [0.5, 0.6) is 0 Å². The van der Waals surface area contributed by atoms with E-state index in [4.69, 9.17) is 4.98 Å². The van der Waals surface area contributed by atoms with E-state index >= 15 is 0 Å². The molecule has 1 saturated heterocycles. The van der Waals surface area contributed by atoms with E-state index in [-0.39, 0.29) is 5.91 Å². The summed E-state index contributed by atoms with van der Waals surface area (Å²) < 4.78 is 0. The van der Waals surface area contributed by atoms with Crippen molar-refractivity contribution in [1.82, 2.24) is 24.8 Å². The third kappa shape index (κ3) is 11.5. The molecule has 3 heterocycles. The van der Waals surface area contributed by atoms with E-state index in [0.29, 0.717) is 29.3 Å². The number of likely N-dealkylation sites (N-methyl/N-ethyl adjacent to an activating group) is 1.